The number of thioether (sulfide) groups is 1. The molecule has 2 aromatic carbocycles. The van der Waals surface area contributed by atoms with E-state index in [0.29, 0.717) is 10.7 Å². The van der Waals surface area contributed by atoms with Gasteiger partial charge in [-0.1, -0.05) is 54.2 Å². The van der Waals surface area contributed by atoms with Crippen LogP contribution in [0.25, 0.3) is 10.9 Å². The van der Waals surface area contributed by atoms with Crippen molar-refractivity contribution in [3.63, 3.8) is 0 Å². The normalized spacial score (nSPS) is 12.1. The summed E-state index contributed by atoms with van der Waals surface area (Å²) in [6.45, 7) is 1.89. The van der Waals surface area contributed by atoms with E-state index in [1.54, 1.807) is 0 Å². The van der Waals surface area contributed by atoms with Crippen molar-refractivity contribution in [2.24, 2.45) is 0 Å². The van der Waals surface area contributed by atoms with E-state index in [2.05, 4.69) is 15.3 Å². The molecule has 0 aliphatic rings. The molecule has 3 rings (SSSR count). The Morgan fingerprint density at radius 1 is 1.04 bits per heavy atom. The molecule has 4 nitrogen and oxygen atoms in total. The second kappa shape index (κ2) is 6.79. The first kappa shape index (κ1) is 15.5. The third-order valence-electron chi connectivity index (χ3n) is 3.53. The number of rotatable bonds is 5. The van der Waals surface area contributed by atoms with Crippen molar-refractivity contribution < 1.29 is 4.79 Å². The van der Waals surface area contributed by atoms with Gasteiger partial charge in [0, 0.05) is 18.0 Å². The monoisotopic (exact) mass is 323 g/mol. The van der Waals surface area contributed by atoms with Gasteiger partial charge in [-0.3, -0.25) is 4.79 Å². The van der Waals surface area contributed by atoms with Crippen molar-refractivity contribution >= 4 is 34.3 Å². The number of para-hydroxylation sites is 1. The summed E-state index contributed by atoms with van der Waals surface area (Å²) < 4.78 is 0. The molecule has 0 saturated heterocycles. The van der Waals surface area contributed by atoms with Gasteiger partial charge in [-0.05, 0) is 19.1 Å². The number of anilines is 1. The zero-order valence-corrected chi connectivity index (χ0v) is 13.8. The Morgan fingerprint density at radius 2 is 1.74 bits per heavy atom. The molecular formula is C18H17N3OS. The lowest BCUT2D eigenvalue weighted by Crippen LogP contribution is -2.14. The van der Waals surface area contributed by atoms with Crippen LogP contribution in [0.15, 0.2) is 59.8 Å². The Kier molecular flexibility index (Phi) is 4.57. The average molecular weight is 323 g/mol. The lowest BCUT2D eigenvalue weighted by Gasteiger charge is -2.11. The number of hydrogen-bond acceptors (Lipinski definition) is 5. The summed E-state index contributed by atoms with van der Waals surface area (Å²) in [5, 5.41) is 4.42. The lowest BCUT2D eigenvalue weighted by atomic mass is 10.1. The molecule has 1 N–H and O–H groups in total. The number of Topliss-reactive ketones (excluding diaryl/α,β-unsaturated/α-hetero) is 1. The topological polar surface area (TPSA) is 54.9 Å². The Balaban J connectivity index is 1.88. The third kappa shape index (κ3) is 3.35. The molecule has 0 aliphatic heterocycles. The van der Waals surface area contributed by atoms with Gasteiger partial charge < -0.3 is 5.32 Å². The van der Waals surface area contributed by atoms with Gasteiger partial charge >= 0.3 is 0 Å². The first-order valence-electron chi connectivity index (χ1n) is 7.39. The molecule has 1 heterocycles. The molecule has 1 atom stereocenters. The van der Waals surface area contributed by atoms with E-state index in [9.17, 15) is 4.79 Å². The van der Waals surface area contributed by atoms with Crippen LogP contribution < -0.4 is 5.32 Å². The van der Waals surface area contributed by atoms with Crippen LogP contribution in [0.1, 0.15) is 17.3 Å². The zero-order chi connectivity index (χ0) is 16.2. The van der Waals surface area contributed by atoms with Crippen LogP contribution in [-0.4, -0.2) is 28.0 Å². The minimum Gasteiger partial charge on any atom is -0.372 e. The molecule has 116 valence electrons. The van der Waals surface area contributed by atoms with Gasteiger partial charge in [-0.2, -0.15) is 0 Å². The van der Waals surface area contributed by atoms with Gasteiger partial charge in [0.1, 0.15) is 5.82 Å². The quantitative estimate of drug-likeness (QED) is 0.436. The maximum Gasteiger partial charge on any atom is 0.190 e. The van der Waals surface area contributed by atoms with Gasteiger partial charge in [0.2, 0.25) is 0 Å². The van der Waals surface area contributed by atoms with Crippen LogP contribution in [0.4, 0.5) is 5.82 Å². The molecule has 0 bridgehead atoms. The second-order valence-corrected chi connectivity index (χ2v) is 6.42. The third-order valence-corrected chi connectivity index (χ3v) is 4.49. The fourth-order valence-corrected chi connectivity index (χ4v) is 3.20. The van der Waals surface area contributed by atoms with Gasteiger partial charge in [-0.15, -0.1) is 0 Å². The van der Waals surface area contributed by atoms with E-state index in [1.165, 1.54) is 11.8 Å². The number of hydrogen-bond donors (Lipinski definition) is 1. The number of nitrogens with one attached hydrogen (secondary N) is 1. The Hall–Kier alpha value is -2.40. The molecule has 23 heavy (non-hydrogen) atoms. The summed E-state index contributed by atoms with van der Waals surface area (Å²) in [5.74, 6) is 0.857. The second-order valence-electron chi connectivity index (χ2n) is 5.11. The standard InChI is InChI=1S/C18H17N3OS/c1-12(16(22)13-8-4-3-5-9-13)23-18-20-15-11-7-6-10-14(15)17(19-2)21-18/h3-12H,1-2H3,(H,19,20,21). The number of carbonyl (C=O) groups is 1. The van der Waals surface area contributed by atoms with Crippen LogP contribution in [0, 0.1) is 0 Å². The van der Waals surface area contributed by atoms with E-state index < -0.39 is 0 Å². The minimum atomic E-state index is -0.247. The number of carbonyl (C=O) groups excluding carboxylic acids is 1. The molecule has 0 fully saturated rings. The Bertz CT molecular complexity index is 836. The van der Waals surface area contributed by atoms with Gasteiger partial charge in [0.25, 0.3) is 0 Å². The van der Waals surface area contributed by atoms with Crippen molar-refractivity contribution in [2.75, 3.05) is 12.4 Å². The molecule has 0 spiro atoms. The number of ketones is 1. The van der Waals surface area contributed by atoms with Crippen LogP contribution in [-0.2, 0) is 0 Å². The zero-order valence-electron chi connectivity index (χ0n) is 13.0. The highest BCUT2D eigenvalue weighted by Gasteiger charge is 2.18. The van der Waals surface area contributed by atoms with Crippen LogP contribution in [0.3, 0.4) is 0 Å². The van der Waals surface area contributed by atoms with Gasteiger partial charge in [0.05, 0.1) is 10.8 Å². The van der Waals surface area contributed by atoms with Crippen molar-refractivity contribution in [1.82, 2.24) is 9.97 Å². The van der Waals surface area contributed by atoms with Crippen molar-refractivity contribution in [1.29, 1.82) is 0 Å². The molecule has 0 aliphatic carbocycles. The number of fused-ring (bicyclic) bond motifs is 1. The summed E-state index contributed by atoms with van der Waals surface area (Å²) in [7, 11) is 1.84. The summed E-state index contributed by atoms with van der Waals surface area (Å²) in [6, 6.07) is 17.1. The molecule has 1 aromatic heterocycles. The molecule has 0 amide bonds. The molecular weight excluding hydrogens is 306 g/mol. The average Bonchev–Trinajstić information content (AvgIpc) is 2.61. The summed E-state index contributed by atoms with van der Waals surface area (Å²) in [4.78, 5) is 21.6. The predicted octanol–water partition coefficient (Wildman–Crippen LogP) is 4.04. The van der Waals surface area contributed by atoms with E-state index in [4.69, 9.17) is 0 Å². The minimum absolute atomic E-state index is 0.0818. The highest BCUT2D eigenvalue weighted by atomic mass is 32.2. The Morgan fingerprint density at radius 3 is 2.48 bits per heavy atom. The van der Waals surface area contributed by atoms with Crippen molar-refractivity contribution in [3.8, 4) is 0 Å². The summed E-state index contributed by atoms with van der Waals surface area (Å²) in [6.07, 6.45) is 0. The molecule has 3 aromatic rings. The highest BCUT2D eigenvalue weighted by molar-refractivity contribution is 8.00. The van der Waals surface area contributed by atoms with Gasteiger partial charge in [-0.25, -0.2) is 9.97 Å². The van der Waals surface area contributed by atoms with E-state index in [1.807, 2.05) is 68.6 Å². The first-order chi connectivity index (χ1) is 11.2. The lowest BCUT2D eigenvalue weighted by molar-refractivity contribution is 0.0994. The smallest absolute Gasteiger partial charge is 0.190 e. The summed E-state index contributed by atoms with van der Waals surface area (Å²) in [5.41, 5.74) is 1.58. The van der Waals surface area contributed by atoms with Crippen molar-refractivity contribution in [2.45, 2.75) is 17.3 Å². The highest BCUT2D eigenvalue weighted by Crippen LogP contribution is 2.27. The van der Waals surface area contributed by atoms with Crippen LogP contribution >= 0.6 is 11.8 Å². The predicted molar refractivity (Wildman–Crippen MR) is 95.2 cm³/mol. The van der Waals surface area contributed by atoms with E-state index in [0.717, 1.165) is 16.7 Å². The number of benzene rings is 2. The van der Waals surface area contributed by atoms with E-state index >= 15 is 0 Å². The largest absolute Gasteiger partial charge is 0.372 e. The fourth-order valence-electron chi connectivity index (χ4n) is 2.35. The summed E-state index contributed by atoms with van der Waals surface area (Å²) >= 11 is 1.38. The first-order valence-corrected chi connectivity index (χ1v) is 8.27. The molecule has 0 radical (unpaired) electrons. The SMILES string of the molecule is CNc1nc(SC(C)C(=O)c2ccccc2)nc2ccccc12. The molecule has 5 heteroatoms. The molecule has 0 saturated carbocycles. The van der Waals surface area contributed by atoms with Crippen LogP contribution in [0.5, 0.6) is 0 Å². The maximum absolute atomic E-state index is 12.5. The van der Waals surface area contributed by atoms with Crippen molar-refractivity contribution in [3.05, 3.63) is 60.2 Å². The van der Waals surface area contributed by atoms with Gasteiger partial charge in [0.15, 0.2) is 10.9 Å². The Labute approximate surface area is 139 Å². The number of aromatic nitrogens is 2. The maximum atomic E-state index is 12.5. The van der Waals surface area contributed by atoms with Crippen LogP contribution in [0.2, 0.25) is 0 Å². The van der Waals surface area contributed by atoms with E-state index in [-0.39, 0.29) is 11.0 Å². The number of nitrogens with zero attached hydrogens (tertiary/aromatic N) is 2. The molecule has 1 unspecified atom stereocenters. The fraction of sp³-hybridized carbons (Fsp3) is 0.167.